The van der Waals surface area contributed by atoms with Gasteiger partial charge < -0.3 is 10.6 Å². The van der Waals surface area contributed by atoms with E-state index in [-0.39, 0.29) is 17.7 Å². The predicted molar refractivity (Wildman–Crippen MR) is 122 cm³/mol. The molecule has 1 fully saturated rings. The highest BCUT2D eigenvalue weighted by atomic mass is 16.6. The van der Waals surface area contributed by atoms with Crippen molar-refractivity contribution in [3.63, 3.8) is 0 Å². The standard InChI is InChI=1S/C25H33N3O2/c1-3-23(24(27-30-17-14-26)20-9-5-4-6-10-20)28-15-12-21(13-16-28)25(29)22-11-7-8-19(2)18-22/h4-11,18,21,23H,3,12-17,26H2,1-2H3. The van der Waals surface area contributed by atoms with Gasteiger partial charge in [-0.05, 0) is 45.3 Å². The van der Waals surface area contributed by atoms with Gasteiger partial charge in [-0.3, -0.25) is 9.69 Å². The van der Waals surface area contributed by atoms with Crippen LogP contribution in [0.1, 0.15) is 47.7 Å². The summed E-state index contributed by atoms with van der Waals surface area (Å²) in [7, 11) is 0. The van der Waals surface area contributed by atoms with Gasteiger partial charge in [0.05, 0.1) is 6.04 Å². The van der Waals surface area contributed by atoms with Crippen molar-refractivity contribution >= 4 is 11.5 Å². The molecule has 0 aliphatic carbocycles. The highest BCUT2D eigenvalue weighted by Gasteiger charge is 2.31. The maximum absolute atomic E-state index is 13.0. The Labute approximate surface area is 179 Å². The van der Waals surface area contributed by atoms with E-state index in [2.05, 4.69) is 29.1 Å². The first-order chi connectivity index (χ1) is 14.6. The number of aryl methyl sites for hydroxylation is 1. The average molecular weight is 408 g/mol. The fraction of sp³-hybridized carbons (Fsp3) is 0.440. The molecule has 1 atom stereocenters. The SMILES string of the molecule is CCC(C(=NOCCN)c1ccccc1)N1CCC(C(=O)c2cccc(C)c2)CC1. The van der Waals surface area contributed by atoms with E-state index in [0.717, 1.165) is 54.8 Å². The van der Waals surface area contributed by atoms with Gasteiger partial charge in [-0.2, -0.15) is 0 Å². The normalized spacial score (nSPS) is 17.0. The molecule has 0 amide bonds. The number of hydrogen-bond acceptors (Lipinski definition) is 5. The first kappa shape index (κ1) is 22.2. The third-order valence-electron chi connectivity index (χ3n) is 5.79. The lowest BCUT2D eigenvalue weighted by atomic mass is 9.87. The number of benzene rings is 2. The third-order valence-corrected chi connectivity index (χ3v) is 5.79. The number of nitrogens with zero attached hydrogens (tertiary/aromatic N) is 2. The predicted octanol–water partition coefficient (Wildman–Crippen LogP) is 4.05. The average Bonchev–Trinajstić information content (AvgIpc) is 2.79. The Morgan fingerprint density at radius 1 is 1.13 bits per heavy atom. The molecule has 5 nitrogen and oxygen atoms in total. The van der Waals surface area contributed by atoms with Crippen molar-refractivity contribution in [1.82, 2.24) is 4.90 Å². The summed E-state index contributed by atoms with van der Waals surface area (Å²) in [6.07, 6.45) is 2.67. The van der Waals surface area contributed by atoms with Crippen LogP contribution >= 0.6 is 0 Å². The molecule has 1 aliphatic heterocycles. The second-order valence-corrected chi connectivity index (χ2v) is 7.93. The summed E-state index contributed by atoms with van der Waals surface area (Å²) in [4.78, 5) is 20.9. The number of hydrogen-bond donors (Lipinski definition) is 1. The van der Waals surface area contributed by atoms with Crippen molar-refractivity contribution in [2.45, 2.75) is 39.2 Å². The lowest BCUT2D eigenvalue weighted by Gasteiger charge is -2.37. The molecule has 0 radical (unpaired) electrons. The quantitative estimate of drug-likeness (QED) is 0.295. The topological polar surface area (TPSA) is 67.9 Å². The van der Waals surface area contributed by atoms with Gasteiger partial charge in [0, 0.05) is 23.6 Å². The molecule has 160 valence electrons. The molecule has 1 unspecified atom stereocenters. The molecular weight excluding hydrogens is 374 g/mol. The molecule has 0 saturated carbocycles. The Balaban J connectivity index is 1.71. The van der Waals surface area contributed by atoms with Crippen LogP contribution in [0, 0.1) is 12.8 Å². The highest BCUT2D eigenvalue weighted by Crippen LogP contribution is 2.25. The maximum Gasteiger partial charge on any atom is 0.166 e. The fourth-order valence-corrected chi connectivity index (χ4v) is 4.21. The van der Waals surface area contributed by atoms with Crippen molar-refractivity contribution in [3.05, 3.63) is 71.3 Å². The van der Waals surface area contributed by atoms with E-state index < -0.39 is 0 Å². The van der Waals surface area contributed by atoms with Gasteiger partial charge in [0.2, 0.25) is 0 Å². The van der Waals surface area contributed by atoms with Crippen LogP contribution in [0.3, 0.4) is 0 Å². The third kappa shape index (κ3) is 5.55. The number of piperidine rings is 1. The van der Waals surface area contributed by atoms with E-state index >= 15 is 0 Å². The number of carbonyl (C=O) groups excluding carboxylic acids is 1. The summed E-state index contributed by atoms with van der Waals surface area (Å²) >= 11 is 0. The minimum atomic E-state index is 0.0890. The summed E-state index contributed by atoms with van der Waals surface area (Å²) in [5.41, 5.74) is 9.54. The summed E-state index contributed by atoms with van der Waals surface area (Å²) in [5, 5.41) is 4.47. The molecule has 0 aromatic heterocycles. The van der Waals surface area contributed by atoms with Crippen molar-refractivity contribution in [1.29, 1.82) is 0 Å². The van der Waals surface area contributed by atoms with Gasteiger partial charge in [-0.15, -0.1) is 0 Å². The van der Waals surface area contributed by atoms with Gasteiger partial charge in [-0.1, -0.05) is 66.2 Å². The summed E-state index contributed by atoms with van der Waals surface area (Å²) in [6.45, 7) is 6.81. The molecule has 2 N–H and O–H groups in total. The zero-order chi connectivity index (χ0) is 21.3. The van der Waals surface area contributed by atoms with Crippen LogP contribution in [0.4, 0.5) is 0 Å². The van der Waals surface area contributed by atoms with Crippen molar-refractivity contribution in [2.75, 3.05) is 26.2 Å². The first-order valence-electron chi connectivity index (χ1n) is 10.9. The van der Waals surface area contributed by atoms with Gasteiger partial charge in [0.15, 0.2) is 5.78 Å². The molecule has 2 aromatic carbocycles. The number of nitrogens with two attached hydrogens (primary N) is 1. The second kappa shape index (κ2) is 11.0. The Hall–Kier alpha value is -2.50. The lowest BCUT2D eigenvalue weighted by Crippen LogP contribution is -2.46. The second-order valence-electron chi connectivity index (χ2n) is 7.93. The monoisotopic (exact) mass is 407 g/mol. The Morgan fingerprint density at radius 2 is 1.83 bits per heavy atom. The molecule has 1 aliphatic rings. The summed E-state index contributed by atoms with van der Waals surface area (Å²) in [6, 6.07) is 18.3. The van der Waals surface area contributed by atoms with E-state index in [4.69, 9.17) is 10.6 Å². The van der Waals surface area contributed by atoms with Crippen molar-refractivity contribution in [3.8, 4) is 0 Å². The van der Waals surface area contributed by atoms with Crippen LogP contribution in [0.5, 0.6) is 0 Å². The molecular formula is C25H33N3O2. The Bertz CT molecular complexity index is 842. The molecule has 30 heavy (non-hydrogen) atoms. The van der Waals surface area contributed by atoms with Crippen LogP contribution in [0.15, 0.2) is 59.8 Å². The number of oxime groups is 1. The molecule has 3 rings (SSSR count). The van der Waals surface area contributed by atoms with E-state index in [1.54, 1.807) is 0 Å². The minimum Gasteiger partial charge on any atom is -0.394 e. The fourth-order valence-electron chi connectivity index (χ4n) is 4.21. The van der Waals surface area contributed by atoms with E-state index in [1.807, 2.05) is 49.4 Å². The molecule has 1 saturated heterocycles. The van der Waals surface area contributed by atoms with Gasteiger partial charge in [0.1, 0.15) is 12.3 Å². The molecule has 2 aromatic rings. The van der Waals surface area contributed by atoms with E-state index in [0.29, 0.717) is 13.2 Å². The van der Waals surface area contributed by atoms with Gasteiger partial charge >= 0.3 is 0 Å². The zero-order valence-corrected chi connectivity index (χ0v) is 18.1. The van der Waals surface area contributed by atoms with Crippen LogP contribution in [-0.4, -0.2) is 48.7 Å². The van der Waals surface area contributed by atoms with Crippen LogP contribution < -0.4 is 5.73 Å². The Kier molecular flexibility index (Phi) is 8.17. The lowest BCUT2D eigenvalue weighted by molar-refractivity contribution is 0.0818. The van der Waals surface area contributed by atoms with Crippen LogP contribution in [0.25, 0.3) is 0 Å². The smallest absolute Gasteiger partial charge is 0.166 e. The van der Waals surface area contributed by atoms with Crippen LogP contribution in [-0.2, 0) is 4.84 Å². The van der Waals surface area contributed by atoms with E-state index in [1.165, 1.54) is 0 Å². The number of Topliss-reactive ketones (excluding diaryl/α,β-unsaturated/α-hetero) is 1. The maximum atomic E-state index is 13.0. The number of carbonyl (C=O) groups is 1. The van der Waals surface area contributed by atoms with Crippen LogP contribution in [0.2, 0.25) is 0 Å². The first-order valence-corrected chi connectivity index (χ1v) is 10.9. The zero-order valence-electron chi connectivity index (χ0n) is 18.1. The number of ketones is 1. The summed E-state index contributed by atoms with van der Waals surface area (Å²) in [5.74, 6) is 0.362. The number of rotatable bonds is 9. The Morgan fingerprint density at radius 3 is 2.47 bits per heavy atom. The molecule has 1 heterocycles. The summed E-state index contributed by atoms with van der Waals surface area (Å²) < 4.78 is 0. The molecule has 0 bridgehead atoms. The van der Waals surface area contributed by atoms with Crippen molar-refractivity contribution < 1.29 is 9.63 Å². The largest absolute Gasteiger partial charge is 0.394 e. The highest BCUT2D eigenvalue weighted by molar-refractivity contribution is 6.04. The van der Waals surface area contributed by atoms with Gasteiger partial charge in [-0.25, -0.2) is 0 Å². The minimum absolute atomic E-state index is 0.0890. The van der Waals surface area contributed by atoms with E-state index in [9.17, 15) is 4.79 Å². The van der Waals surface area contributed by atoms with Gasteiger partial charge in [0.25, 0.3) is 0 Å². The van der Waals surface area contributed by atoms with Crippen molar-refractivity contribution in [2.24, 2.45) is 16.8 Å². The molecule has 5 heteroatoms. The molecule has 0 spiro atoms. The number of likely N-dealkylation sites (tertiary alicyclic amines) is 1.